The summed E-state index contributed by atoms with van der Waals surface area (Å²) in [6.45, 7) is 2.27. The molecule has 0 spiro atoms. The molecule has 4 aromatic rings. The van der Waals surface area contributed by atoms with Crippen LogP contribution in [-0.4, -0.2) is 46.7 Å². The summed E-state index contributed by atoms with van der Waals surface area (Å²) in [5, 5.41) is 7.65. The number of hydrogen-bond donors (Lipinski definition) is 1. The minimum atomic E-state index is -0.421. The molecule has 190 valence electrons. The Hall–Kier alpha value is -4.46. The second-order valence-electron chi connectivity index (χ2n) is 8.53. The Bertz CT molecular complexity index is 1340. The lowest BCUT2D eigenvalue weighted by molar-refractivity contribution is -0.117. The van der Waals surface area contributed by atoms with Crippen molar-refractivity contribution < 1.29 is 18.7 Å². The summed E-state index contributed by atoms with van der Waals surface area (Å²) in [7, 11) is 1.60. The van der Waals surface area contributed by atoms with Gasteiger partial charge in [-0.05, 0) is 55.0 Å². The zero-order chi connectivity index (χ0) is 26.2. The number of aromatic nitrogens is 2. The van der Waals surface area contributed by atoms with Gasteiger partial charge < -0.3 is 15.0 Å². The standard InChI is InChI=1S/C29H29FN4O3/c1-3-4-18-33(29(36)22-10-12-23(30)13-11-22)20-28(35)31-27-19-26(21-8-6-5-7-9-21)32-34(27)24-14-16-25(37-2)17-15-24/h5-17,19H,3-4,18,20H2,1-2H3,(H,31,35). The Morgan fingerprint density at radius 3 is 2.35 bits per heavy atom. The van der Waals surface area contributed by atoms with Crippen LogP contribution >= 0.6 is 0 Å². The normalized spacial score (nSPS) is 10.7. The van der Waals surface area contributed by atoms with Crippen molar-refractivity contribution >= 4 is 17.6 Å². The molecule has 0 saturated carbocycles. The smallest absolute Gasteiger partial charge is 0.254 e. The lowest BCUT2D eigenvalue weighted by atomic mass is 10.1. The maximum Gasteiger partial charge on any atom is 0.254 e. The molecule has 0 bridgehead atoms. The van der Waals surface area contributed by atoms with Crippen molar-refractivity contribution in [3.05, 3.63) is 96.3 Å². The highest BCUT2D eigenvalue weighted by Crippen LogP contribution is 2.26. The van der Waals surface area contributed by atoms with Gasteiger partial charge in [-0.25, -0.2) is 9.07 Å². The second-order valence-corrected chi connectivity index (χ2v) is 8.53. The fourth-order valence-electron chi connectivity index (χ4n) is 3.87. The molecule has 8 heteroatoms. The van der Waals surface area contributed by atoms with Crippen molar-refractivity contribution in [3.63, 3.8) is 0 Å². The van der Waals surface area contributed by atoms with Crippen LogP contribution in [0.3, 0.4) is 0 Å². The first-order chi connectivity index (χ1) is 18.0. The Kier molecular flexibility index (Phi) is 8.30. The summed E-state index contributed by atoms with van der Waals surface area (Å²) in [5.74, 6) is 0.0721. The monoisotopic (exact) mass is 500 g/mol. The molecule has 0 saturated heterocycles. The summed E-state index contributed by atoms with van der Waals surface area (Å²) < 4.78 is 20.3. The quantitative estimate of drug-likeness (QED) is 0.309. The number of nitrogens with one attached hydrogen (secondary N) is 1. The average molecular weight is 501 g/mol. The molecule has 0 aliphatic carbocycles. The number of amides is 2. The lowest BCUT2D eigenvalue weighted by Crippen LogP contribution is -2.39. The molecule has 0 atom stereocenters. The minimum absolute atomic E-state index is 0.148. The number of methoxy groups -OCH3 is 1. The maximum absolute atomic E-state index is 13.3. The SMILES string of the molecule is CCCCN(CC(=O)Nc1cc(-c2ccccc2)nn1-c1ccc(OC)cc1)C(=O)c1ccc(F)cc1. The van der Waals surface area contributed by atoms with E-state index >= 15 is 0 Å². The topological polar surface area (TPSA) is 76.5 Å². The number of rotatable bonds is 10. The van der Waals surface area contributed by atoms with Crippen molar-refractivity contribution in [1.29, 1.82) is 0 Å². The molecular formula is C29H29FN4O3. The second kappa shape index (κ2) is 12.0. The molecular weight excluding hydrogens is 471 g/mol. The zero-order valence-electron chi connectivity index (χ0n) is 20.9. The maximum atomic E-state index is 13.3. The number of halogens is 1. The summed E-state index contributed by atoms with van der Waals surface area (Å²) in [4.78, 5) is 27.7. The van der Waals surface area contributed by atoms with Gasteiger partial charge in [0.25, 0.3) is 5.91 Å². The summed E-state index contributed by atoms with van der Waals surface area (Å²) >= 11 is 0. The van der Waals surface area contributed by atoms with Crippen LogP contribution in [0.25, 0.3) is 16.9 Å². The van der Waals surface area contributed by atoms with Crippen LogP contribution < -0.4 is 10.1 Å². The van der Waals surface area contributed by atoms with Gasteiger partial charge >= 0.3 is 0 Å². The Labute approximate surface area is 215 Å². The van der Waals surface area contributed by atoms with Crippen molar-refractivity contribution in [2.45, 2.75) is 19.8 Å². The third kappa shape index (κ3) is 6.41. The van der Waals surface area contributed by atoms with Gasteiger partial charge in [0.15, 0.2) is 0 Å². The van der Waals surface area contributed by atoms with Gasteiger partial charge in [0.1, 0.15) is 23.9 Å². The first-order valence-electron chi connectivity index (χ1n) is 12.1. The molecule has 37 heavy (non-hydrogen) atoms. The van der Waals surface area contributed by atoms with Gasteiger partial charge in [0.05, 0.1) is 18.5 Å². The molecule has 1 aromatic heterocycles. The molecule has 0 aliphatic heterocycles. The molecule has 0 radical (unpaired) electrons. The minimum Gasteiger partial charge on any atom is -0.497 e. The number of nitrogens with zero attached hydrogens (tertiary/aromatic N) is 3. The van der Waals surface area contributed by atoms with Crippen LogP contribution in [-0.2, 0) is 4.79 Å². The molecule has 1 heterocycles. The first kappa shape index (κ1) is 25.6. The fraction of sp³-hybridized carbons (Fsp3) is 0.207. The van der Waals surface area contributed by atoms with Crippen molar-refractivity contribution in [2.75, 3.05) is 25.5 Å². The highest BCUT2D eigenvalue weighted by atomic mass is 19.1. The number of benzene rings is 3. The van der Waals surface area contributed by atoms with E-state index in [-0.39, 0.29) is 18.4 Å². The van der Waals surface area contributed by atoms with Crippen molar-refractivity contribution in [2.24, 2.45) is 0 Å². The number of hydrogen-bond acceptors (Lipinski definition) is 4. The van der Waals surface area contributed by atoms with E-state index in [2.05, 4.69) is 5.32 Å². The molecule has 4 rings (SSSR count). The van der Waals surface area contributed by atoms with Gasteiger partial charge in [0, 0.05) is 23.7 Å². The van der Waals surface area contributed by atoms with Crippen LogP contribution in [0.15, 0.2) is 84.9 Å². The molecule has 0 unspecified atom stereocenters. The van der Waals surface area contributed by atoms with E-state index < -0.39 is 5.82 Å². The fourth-order valence-corrected chi connectivity index (χ4v) is 3.87. The number of ether oxygens (including phenoxy) is 1. The molecule has 1 N–H and O–H groups in total. The summed E-state index contributed by atoms with van der Waals surface area (Å²) in [6.07, 6.45) is 1.60. The average Bonchev–Trinajstić information content (AvgIpc) is 3.35. The third-order valence-corrected chi connectivity index (χ3v) is 5.86. The Morgan fingerprint density at radius 1 is 1.00 bits per heavy atom. The van der Waals surface area contributed by atoms with E-state index in [1.807, 2.05) is 61.5 Å². The van der Waals surface area contributed by atoms with Crippen LogP contribution in [0.1, 0.15) is 30.1 Å². The van der Waals surface area contributed by atoms with Gasteiger partial charge in [0.2, 0.25) is 5.91 Å². The predicted molar refractivity (Wildman–Crippen MR) is 141 cm³/mol. The van der Waals surface area contributed by atoms with E-state index in [9.17, 15) is 14.0 Å². The number of unbranched alkanes of at least 4 members (excludes halogenated alkanes) is 1. The third-order valence-electron chi connectivity index (χ3n) is 5.86. The number of carbonyl (C=O) groups excluding carboxylic acids is 2. The largest absolute Gasteiger partial charge is 0.497 e. The highest BCUT2D eigenvalue weighted by Gasteiger charge is 2.20. The lowest BCUT2D eigenvalue weighted by Gasteiger charge is -2.22. The van der Waals surface area contributed by atoms with E-state index in [0.717, 1.165) is 24.1 Å². The number of carbonyl (C=O) groups is 2. The molecule has 2 amide bonds. The van der Waals surface area contributed by atoms with Gasteiger partial charge in [-0.2, -0.15) is 5.10 Å². The zero-order valence-corrected chi connectivity index (χ0v) is 20.9. The van der Waals surface area contributed by atoms with Gasteiger partial charge in [-0.1, -0.05) is 43.7 Å². The van der Waals surface area contributed by atoms with E-state index in [1.54, 1.807) is 17.9 Å². The van der Waals surface area contributed by atoms with Gasteiger partial charge in [-0.15, -0.1) is 0 Å². The summed E-state index contributed by atoms with van der Waals surface area (Å²) in [5.41, 5.74) is 2.67. The van der Waals surface area contributed by atoms with E-state index in [0.29, 0.717) is 29.4 Å². The molecule has 3 aromatic carbocycles. The first-order valence-corrected chi connectivity index (χ1v) is 12.1. The molecule has 0 aliphatic rings. The van der Waals surface area contributed by atoms with Crippen molar-refractivity contribution in [1.82, 2.24) is 14.7 Å². The molecule has 0 fully saturated rings. The van der Waals surface area contributed by atoms with Crippen molar-refractivity contribution in [3.8, 4) is 22.7 Å². The Balaban J connectivity index is 1.59. The predicted octanol–water partition coefficient (Wildman–Crippen LogP) is 5.57. The van der Waals surface area contributed by atoms with Crippen LogP contribution in [0, 0.1) is 5.82 Å². The highest BCUT2D eigenvalue weighted by molar-refractivity contribution is 5.99. The summed E-state index contributed by atoms with van der Waals surface area (Å²) in [6, 6.07) is 24.1. The Morgan fingerprint density at radius 2 is 1.70 bits per heavy atom. The van der Waals surface area contributed by atoms with Crippen LogP contribution in [0.5, 0.6) is 5.75 Å². The number of anilines is 1. The van der Waals surface area contributed by atoms with Crippen LogP contribution in [0.4, 0.5) is 10.2 Å². The molecule has 7 nitrogen and oxygen atoms in total. The van der Waals surface area contributed by atoms with E-state index in [1.165, 1.54) is 29.2 Å². The van der Waals surface area contributed by atoms with Crippen LogP contribution in [0.2, 0.25) is 0 Å². The van der Waals surface area contributed by atoms with Gasteiger partial charge in [-0.3, -0.25) is 9.59 Å². The van der Waals surface area contributed by atoms with E-state index in [4.69, 9.17) is 9.84 Å².